The zero-order valence-corrected chi connectivity index (χ0v) is 38.0. The van der Waals surface area contributed by atoms with Crippen molar-refractivity contribution < 1.29 is 0 Å². The molecule has 0 aliphatic carbocycles. The molecule has 0 aliphatic heterocycles. The molecule has 4 heteroatoms. The zero-order valence-electron chi connectivity index (χ0n) is 38.0. The van der Waals surface area contributed by atoms with Crippen LogP contribution in [0.3, 0.4) is 0 Å². The molecule has 326 valence electrons. The van der Waals surface area contributed by atoms with Gasteiger partial charge in [-0.3, -0.25) is 0 Å². The highest BCUT2D eigenvalue weighted by Crippen LogP contribution is 2.49. The summed E-state index contributed by atoms with van der Waals surface area (Å²) in [6, 6.07) is 92.3. The minimum Gasteiger partial charge on any atom is -0.310 e. The Morgan fingerprint density at radius 3 is 1.07 bits per heavy atom. The molecular weight excluding hydrogens is 849 g/mol. The summed E-state index contributed by atoms with van der Waals surface area (Å²) in [5, 5.41) is 16.7. The van der Waals surface area contributed by atoms with E-state index in [-0.39, 0.29) is 0 Å². The molecule has 12 aromatic rings. The number of benzene rings is 12. The van der Waals surface area contributed by atoms with Gasteiger partial charge in [0, 0.05) is 33.5 Å². The van der Waals surface area contributed by atoms with Gasteiger partial charge in [0.05, 0.1) is 29.6 Å². The van der Waals surface area contributed by atoms with Crippen molar-refractivity contribution in [3.05, 3.63) is 272 Å². The standard InChI is InChI=1S/C66H42N4/c1-68-56-32-26-49(27-33-56)55-39-53(47-16-8-3-9-17-47)41-60(43-55)70(58-20-12-5-13-21-58)64-37-31-51-28-34-61-63(36-30-50-29-35-62(64)66(51)65(50)61)69(57-18-10-4-11-19-57)59-40-52(46-14-6-2-7-15-46)38-54(42-59)48-24-22-45(44-67)23-25-48/h2-43H. The molecule has 0 atom stereocenters. The molecule has 12 rings (SSSR count). The van der Waals surface area contributed by atoms with E-state index in [0.717, 1.165) is 89.4 Å². The van der Waals surface area contributed by atoms with Gasteiger partial charge in [0.2, 0.25) is 0 Å². The lowest BCUT2D eigenvalue weighted by atomic mass is 9.91. The Hall–Kier alpha value is -9.74. The van der Waals surface area contributed by atoms with E-state index in [4.69, 9.17) is 6.57 Å². The SMILES string of the molecule is [C-]#[N+]c1ccc(-c2cc(-c3ccccc3)cc(N(c3ccccc3)c3ccc4ccc5c(N(c6ccccc6)c6cc(-c7ccccc7)cc(-c7ccc(C#N)cc7)c6)ccc6ccc3c4c65)c2)cc1. The third kappa shape index (κ3) is 7.63. The molecule has 0 amide bonds. The number of para-hydroxylation sites is 2. The predicted molar refractivity (Wildman–Crippen MR) is 292 cm³/mol. The molecular formula is C66H42N4. The molecule has 0 radical (unpaired) electrons. The predicted octanol–water partition coefficient (Wildman–Crippen LogP) is 18.6. The summed E-state index contributed by atoms with van der Waals surface area (Å²) >= 11 is 0. The molecule has 12 aromatic carbocycles. The van der Waals surface area contributed by atoms with E-state index in [1.807, 2.05) is 48.5 Å². The molecule has 0 bridgehead atoms. The van der Waals surface area contributed by atoms with Crippen LogP contribution in [0.15, 0.2) is 255 Å². The van der Waals surface area contributed by atoms with Gasteiger partial charge < -0.3 is 9.80 Å². The summed E-state index contributed by atoms with van der Waals surface area (Å²) < 4.78 is 0. The van der Waals surface area contributed by atoms with Crippen molar-refractivity contribution in [1.29, 1.82) is 5.26 Å². The maximum Gasteiger partial charge on any atom is 0.187 e. The van der Waals surface area contributed by atoms with Gasteiger partial charge in [-0.25, -0.2) is 4.85 Å². The highest BCUT2D eigenvalue weighted by molar-refractivity contribution is 6.28. The first-order chi connectivity index (χ1) is 34.6. The average molecular weight is 891 g/mol. The Morgan fingerprint density at radius 1 is 0.329 bits per heavy atom. The zero-order chi connectivity index (χ0) is 47.0. The van der Waals surface area contributed by atoms with Gasteiger partial charge in [0.25, 0.3) is 0 Å². The molecule has 4 nitrogen and oxygen atoms in total. The largest absolute Gasteiger partial charge is 0.310 e. The van der Waals surface area contributed by atoms with Crippen LogP contribution < -0.4 is 9.80 Å². The fourth-order valence-electron chi connectivity index (χ4n) is 10.0. The van der Waals surface area contributed by atoms with E-state index in [1.54, 1.807) is 0 Å². The second-order valence-corrected chi connectivity index (χ2v) is 17.6. The van der Waals surface area contributed by atoms with Crippen molar-refractivity contribution in [2.45, 2.75) is 0 Å². The Labute approximate surface area is 407 Å². The summed E-state index contributed by atoms with van der Waals surface area (Å²) in [6.07, 6.45) is 0. The summed E-state index contributed by atoms with van der Waals surface area (Å²) in [5.74, 6) is 0. The number of nitrogens with zero attached hydrogens (tertiary/aromatic N) is 4. The number of hydrogen-bond donors (Lipinski definition) is 0. The fourth-order valence-corrected chi connectivity index (χ4v) is 10.0. The van der Waals surface area contributed by atoms with Gasteiger partial charge in [-0.15, -0.1) is 0 Å². The van der Waals surface area contributed by atoms with Crippen LogP contribution in [0, 0.1) is 17.9 Å². The Bertz CT molecular complexity index is 3670. The highest BCUT2D eigenvalue weighted by atomic mass is 15.1. The van der Waals surface area contributed by atoms with Crippen molar-refractivity contribution in [3.8, 4) is 50.6 Å². The van der Waals surface area contributed by atoms with Gasteiger partial charge >= 0.3 is 0 Å². The molecule has 0 spiro atoms. The molecule has 0 N–H and O–H groups in total. The van der Waals surface area contributed by atoms with E-state index >= 15 is 0 Å². The van der Waals surface area contributed by atoms with Crippen LogP contribution in [0.4, 0.5) is 39.8 Å². The quantitative estimate of drug-likeness (QED) is 0.101. The number of anilines is 6. The first kappa shape index (κ1) is 41.7. The summed E-state index contributed by atoms with van der Waals surface area (Å²) in [6.45, 7) is 7.60. The van der Waals surface area contributed by atoms with Crippen LogP contribution in [-0.4, -0.2) is 0 Å². The lowest BCUT2D eigenvalue weighted by Crippen LogP contribution is -2.12. The monoisotopic (exact) mass is 890 g/mol. The molecule has 0 fully saturated rings. The second-order valence-electron chi connectivity index (χ2n) is 17.6. The molecule has 0 aromatic heterocycles. The molecule has 0 saturated carbocycles. The van der Waals surface area contributed by atoms with E-state index < -0.39 is 0 Å². The van der Waals surface area contributed by atoms with E-state index in [9.17, 15) is 5.26 Å². The Kier molecular flexibility index (Phi) is 10.6. The highest BCUT2D eigenvalue weighted by Gasteiger charge is 2.23. The summed E-state index contributed by atoms with van der Waals surface area (Å²) in [5.41, 5.74) is 16.2. The van der Waals surface area contributed by atoms with Gasteiger partial charge in [-0.1, -0.05) is 170 Å². The van der Waals surface area contributed by atoms with Crippen molar-refractivity contribution >= 4 is 72.1 Å². The lowest BCUT2D eigenvalue weighted by molar-refractivity contribution is 1.30. The first-order valence-corrected chi connectivity index (χ1v) is 23.4. The van der Waals surface area contributed by atoms with Crippen molar-refractivity contribution in [3.63, 3.8) is 0 Å². The third-order valence-electron chi connectivity index (χ3n) is 13.4. The molecule has 0 aliphatic rings. The molecule has 70 heavy (non-hydrogen) atoms. The second kappa shape index (κ2) is 17.8. The van der Waals surface area contributed by atoms with E-state index in [0.29, 0.717) is 11.3 Å². The molecule has 0 saturated heterocycles. The molecule has 0 heterocycles. The number of hydrogen-bond acceptors (Lipinski definition) is 3. The first-order valence-electron chi connectivity index (χ1n) is 23.4. The summed E-state index contributed by atoms with van der Waals surface area (Å²) in [4.78, 5) is 8.46. The lowest BCUT2D eigenvalue weighted by Gasteiger charge is -2.30. The van der Waals surface area contributed by atoms with Gasteiger partial charge in [-0.05, 0) is 151 Å². The minimum absolute atomic E-state index is 0.617. The fraction of sp³-hybridized carbons (Fsp3) is 0. The summed E-state index contributed by atoms with van der Waals surface area (Å²) in [7, 11) is 0. The average Bonchev–Trinajstić information content (AvgIpc) is 3.44. The van der Waals surface area contributed by atoms with Crippen LogP contribution in [-0.2, 0) is 0 Å². The Morgan fingerprint density at radius 2 is 0.686 bits per heavy atom. The normalized spacial score (nSPS) is 11.1. The van der Waals surface area contributed by atoms with Crippen molar-refractivity contribution in [2.24, 2.45) is 0 Å². The smallest absolute Gasteiger partial charge is 0.187 e. The topological polar surface area (TPSA) is 34.6 Å². The van der Waals surface area contributed by atoms with E-state index in [2.05, 4.69) is 227 Å². The van der Waals surface area contributed by atoms with Crippen molar-refractivity contribution in [2.75, 3.05) is 9.80 Å². The van der Waals surface area contributed by atoms with Crippen LogP contribution in [0.1, 0.15) is 5.56 Å². The number of rotatable bonds is 10. The minimum atomic E-state index is 0.617. The third-order valence-corrected chi connectivity index (χ3v) is 13.4. The number of nitriles is 1. The molecule has 0 unspecified atom stereocenters. The van der Waals surface area contributed by atoms with Gasteiger partial charge in [0.1, 0.15) is 0 Å². The van der Waals surface area contributed by atoms with Gasteiger partial charge in [-0.2, -0.15) is 5.26 Å². The maximum atomic E-state index is 9.64. The van der Waals surface area contributed by atoms with Crippen LogP contribution >= 0.6 is 0 Å². The maximum absolute atomic E-state index is 9.64. The van der Waals surface area contributed by atoms with Gasteiger partial charge in [0.15, 0.2) is 5.69 Å². The van der Waals surface area contributed by atoms with E-state index in [1.165, 1.54) is 21.5 Å². The van der Waals surface area contributed by atoms with Crippen LogP contribution in [0.25, 0.3) is 81.7 Å². The Balaban J connectivity index is 1.09. The van der Waals surface area contributed by atoms with Crippen molar-refractivity contribution in [1.82, 2.24) is 0 Å². The van der Waals surface area contributed by atoms with Crippen LogP contribution in [0.2, 0.25) is 0 Å². The van der Waals surface area contributed by atoms with Crippen LogP contribution in [0.5, 0.6) is 0 Å².